The number of hydrogen-bond donors (Lipinski definition) is 2. The molecule has 1 heterocycles. The van der Waals surface area contributed by atoms with Crippen molar-refractivity contribution < 1.29 is 14.3 Å². The van der Waals surface area contributed by atoms with Crippen molar-refractivity contribution in [2.24, 2.45) is 0 Å². The Morgan fingerprint density at radius 3 is 2.67 bits per heavy atom. The molecule has 2 rings (SSSR count). The fraction of sp³-hybridized carbons (Fsp3) is 0.545. The fourth-order valence-corrected chi connectivity index (χ4v) is 1.83. The number of aliphatic hydroxyl groups is 1. The second-order valence-electron chi connectivity index (χ2n) is 4.12. The third-order valence-electron chi connectivity index (χ3n) is 2.73. The lowest BCUT2D eigenvalue weighted by atomic mass is 9.89. The number of carbonyl (C=O) groups is 1. The van der Waals surface area contributed by atoms with Gasteiger partial charge in [-0.05, 0) is 32.8 Å². The number of rotatable bonds is 2. The molecule has 15 heavy (non-hydrogen) atoms. The molecule has 1 aromatic heterocycles. The van der Waals surface area contributed by atoms with Gasteiger partial charge in [-0.1, -0.05) is 0 Å². The predicted molar refractivity (Wildman–Crippen MR) is 54.7 cm³/mol. The zero-order chi connectivity index (χ0) is 11.0. The van der Waals surface area contributed by atoms with Crippen LogP contribution in [0.4, 0.5) is 0 Å². The number of aryl methyl sites for hydroxylation is 2. The smallest absolute Gasteiger partial charge is 0.255 e. The molecule has 1 saturated carbocycles. The normalized spacial score (nSPS) is 24.7. The maximum absolute atomic E-state index is 11.7. The number of hydrogen-bond acceptors (Lipinski definition) is 3. The molecule has 4 nitrogen and oxygen atoms in total. The van der Waals surface area contributed by atoms with E-state index in [9.17, 15) is 4.79 Å². The van der Waals surface area contributed by atoms with Crippen LogP contribution in [0.25, 0.3) is 0 Å². The van der Waals surface area contributed by atoms with Gasteiger partial charge in [0.2, 0.25) is 0 Å². The van der Waals surface area contributed by atoms with Crippen molar-refractivity contribution in [2.45, 2.75) is 38.8 Å². The average molecular weight is 209 g/mol. The molecule has 1 fully saturated rings. The number of furan rings is 1. The van der Waals surface area contributed by atoms with E-state index >= 15 is 0 Å². The summed E-state index contributed by atoms with van der Waals surface area (Å²) in [5.74, 6) is 1.28. The summed E-state index contributed by atoms with van der Waals surface area (Å²) >= 11 is 0. The Kier molecular flexibility index (Phi) is 2.52. The quantitative estimate of drug-likeness (QED) is 0.768. The molecule has 4 heteroatoms. The van der Waals surface area contributed by atoms with Crippen LogP contribution in [0.1, 0.15) is 34.7 Å². The molecule has 0 saturated heterocycles. The molecule has 1 amide bonds. The highest BCUT2D eigenvalue weighted by atomic mass is 16.3. The van der Waals surface area contributed by atoms with Crippen molar-refractivity contribution in [3.63, 3.8) is 0 Å². The molecule has 0 spiro atoms. The van der Waals surface area contributed by atoms with E-state index in [1.54, 1.807) is 13.0 Å². The van der Waals surface area contributed by atoms with Crippen molar-refractivity contribution in [1.82, 2.24) is 5.32 Å². The van der Waals surface area contributed by atoms with Crippen molar-refractivity contribution in [3.05, 3.63) is 23.2 Å². The second kappa shape index (κ2) is 3.70. The Morgan fingerprint density at radius 1 is 1.53 bits per heavy atom. The van der Waals surface area contributed by atoms with E-state index in [4.69, 9.17) is 9.52 Å². The highest BCUT2D eigenvalue weighted by molar-refractivity contribution is 5.95. The van der Waals surface area contributed by atoms with Crippen LogP contribution in [0.2, 0.25) is 0 Å². The average Bonchev–Trinajstić information content (AvgIpc) is 2.42. The van der Waals surface area contributed by atoms with Gasteiger partial charge in [-0.2, -0.15) is 0 Å². The Labute approximate surface area is 88.3 Å². The SMILES string of the molecule is Cc1cc(C(=O)NC2CC(O)C2)c(C)o1. The standard InChI is InChI=1S/C11H15NO3/c1-6-3-10(7(2)15-6)11(14)12-8-4-9(13)5-8/h3,8-9,13H,4-5H2,1-2H3,(H,12,14). The van der Waals surface area contributed by atoms with Gasteiger partial charge in [0, 0.05) is 6.04 Å². The van der Waals surface area contributed by atoms with E-state index in [2.05, 4.69) is 5.32 Å². The largest absolute Gasteiger partial charge is 0.466 e. The second-order valence-corrected chi connectivity index (χ2v) is 4.12. The van der Waals surface area contributed by atoms with Gasteiger partial charge in [0.1, 0.15) is 11.5 Å². The zero-order valence-corrected chi connectivity index (χ0v) is 8.91. The molecule has 0 unspecified atom stereocenters. The van der Waals surface area contributed by atoms with Crippen LogP contribution in [0.3, 0.4) is 0 Å². The van der Waals surface area contributed by atoms with Crippen LogP contribution < -0.4 is 5.32 Å². The number of amides is 1. The van der Waals surface area contributed by atoms with Crippen molar-refractivity contribution in [1.29, 1.82) is 0 Å². The molecule has 0 bridgehead atoms. The Bertz CT molecular complexity index is 377. The van der Waals surface area contributed by atoms with Crippen LogP contribution in [0, 0.1) is 13.8 Å². The molecule has 0 aliphatic heterocycles. The van der Waals surface area contributed by atoms with E-state index in [1.165, 1.54) is 0 Å². The highest BCUT2D eigenvalue weighted by Gasteiger charge is 2.29. The molecular weight excluding hydrogens is 194 g/mol. The zero-order valence-electron chi connectivity index (χ0n) is 8.91. The summed E-state index contributed by atoms with van der Waals surface area (Å²) in [7, 11) is 0. The molecule has 1 aliphatic rings. The van der Waals surface area contributed by atoms with Gasteiger partial charge in [-0.25, -0.2) is 0 Å². The minimum absolute atomic E-state index is 0.110. The summed E-state index contributed by atoms with van der Waals surface area (Å²) in [4.78, 5) is 11.7. The van der Waals surface area contributed by atoms with Crippen LogP contribution in [-0.2, 0) is 0 Å². The number of aliphatic hydroxyl groups excluding tert-OH is 1. The lowest BCUT2D eigenvalue weighted by Gasteiger charge is -2.31. The van der Waals surface area contributed by atoms with E-state index < -0.39 is 0 Å². The van der Waals surface area contributed by atoms with E-state index in [1.807, 2.05) is 6.92 Å². The van der Waals surface area contributed by atoms with Gasteiger partial charge < -0.3 is 14.8 Å². The number of nitrogens with one attached hydrogen (secondary N) is 1. The monoisotopic (exact) mass is 209 g/mol. The minimum atomic E-state index is -0.248. The van der Waals surface area contributed by atoms with E-state index in [-0.39, 0.29) is 18.1 Å². The summed E-state index contributed by atoms with van der Waals surface area (Å²) in [5, 5.41) is 11.9. The van der Waals surface area contributed by atoms with Crippen molar-refractivity contribution in [2.75, 3.05) is 0 Å². The van der Waals surface area contributed by atoms with Gasteiger partial charge in [0.05, 0.1) is 11.7 Å². The summed E-state index contributed by atoms with van der Waals surface area (Å²) in [6, 6.07) is 1.85. The van der Waals surface area contributed by atoms with Crippen LogP contribution in [0.5, 0.6) is 0 Å². The first-order valence-corrected chi connectivity index (χ1v) is 5.12. The Hall–Kier alpha value is -1.29. The third kappa shape index (κ3) is 2.04. The first-order valence-electron chi connectivity index (χ1n) is 5.12. The Balaban J connectivity index is 1.99. The van der Waals surface area contributed by atoms with E-state index in [0.717, 1.165) is 5.76 Å². The highest BCUT2D eigenvalue weighted by Crippen LogP contribution is 2.21. The number of carbonyl (C=O) groups excluding carboxylic acids is 1. The van der Waals surface area contributed by atoms with Crippen molar-refractivity contribution >= 4 is 5.91 Å². The maximum Gasteiger partial charge on any atom is 0.255 e. The van der Waals surface area contributed by atoms with Crippen LogP contribution in [0.15, 0.2) is 10.5 Å². The van der Waals surface area contributed by atoms with Gasteiger partial charge >= 0.3 is 0 Å². The molecular formula is C11H15NO3. The summed E-state index contributed by atoms with van der Waals surface area (Å²) < 4.78 is 5.28. The minimum Gasteiger partial charge on any atom is -0.466 e. The lowest BCUT2D eigenvalue weighted by Crippen LogP contribution is -2.46. The van der Waals surface area contributed by atoms with Crippen LogP contribution >= 0.6 is 0 Å². The van der Waals surface area contributed by atoms with Gasteiger partial charge in [0.15, 0.2) is 0 Å². The van der Waals surface area contributed by atoms with E-state index in [0.29, 0.717) is 24.2 Å². The molecule has 2 N–H and O–H groups in total. The molecule has 1 aromatic rings. The molecule has 82 valence electrons. The Morgan fingerprint density at radius 2 is 2.20 bits per heavy atom. The fourth-order valence-electron chi connectivity index (χ4n) is 1.83. The molecule has 0 atom stereocenters. The summed E-state index contributed by atoms with van der Waals surface area (Å²) in [6.07, 6.45) is 1.06. The van der Waals surface area contributed by atoms with Crippen molar-refractivity contribution in [3.8, 4) is 0 Å². The molecule has 1 aliphatic carbocycles. The molecule has 0 radical (unpaired) electrons. The molecule has 0 aromatic carbocycles. The van der Waals surface area contributed by atoms with Crippen LogP contribution in [-0.4, -0.2) is 23.2 Å². The maximum atomic E-state index is 11.7. The van der Waals surface area contributed by atoms with Gasteiger partial charge in [-0.3, -0.25) is 4.79 Å². The summed E-state index contributed by atoms with van der Waals surface area (Å²) in [6.45, 7) is 3.59. The van der Waals surface area contributed by atoms with Gasteiger partial charge in [-0.15, -0.1) is 0 Å². The first-order chi connectivity index (χ1) is 7.06. The summed E-state index contributed by atoms with van der Waals surface area (Å²) in [5.41, 5.74) is 0.592. The lowest BCUT2D eigenvalue weighted by molar-refractivity contribution is 0.0562. The third-order valence-corrected chi connectivity index (χ3v) is 2.73. The predicted octanol–water partition coefficient (Wildman–Crippen LogP) is 1.15. The van der Waals surface area contributed by atoms with Gasteiger partial charge in [0.25, 0.3) is 5.91 Å². The first kappa shape index (κ1) is 10.2. The topological polar surface area (TPSA) is 62.5 Å².